The summed E-state index contributed by atoms with van der Waals surface area (Å²) in [4.78, 5) is 0. The number of nitrogens with two attached hydrogens (primary N) is 2. The first kappa shape index (κ1) is 15.3. The van der Waals surface area contributed by atoms with E-state index >= 15 is 0 Å². The Morgan fingerprint density at radius 2 is 2.00 bits per heavy atom. The van der Waals surface area contributed by atoms with Crippen LogP contribution in [0.5, 0.6) is 11.5 Å². The van der Waals surface area contributed by atoms with E-state index in [2.05, 4.69) is 14.9 Å². The topological polar surface area (TPSA) is 106 Å². The number of guanidine groups is 1. The second kappa shape index (κ2) is 5.95. The number of phenols is 1. The molecule has 0 heterocycles. The highest BCUT2D eigenvalue weighted by Gasteiger charge is 2.31. The van der Waals surface area contributed by atoms with Gasteiger partial charge in [0.25, 0.3) is 0 Å². The predicted octanol–water partition coefficient (Wildman–Crippen LogP) is 1.50. The van der Waals surface area contributed by atoms with Crippen LogP contribution >= 0.6 is 22.6 Å². The number of benzene rings is 1. The van der Waals surface area contributed by atoms with Gasteiger partial charge in [-0.25, -0.2) is 0 Å². The van der Waals surface area contributed by atoms with Gasteiger partial charge in [0, 0.05) is 5.56 Å². The lowest BCUT2D eigenvalue weighted by molar-refractivity contribution is -0.274. The molecule has 1 aromatic rings. The van der Waals surface area contributed by atoms with E-state index in [1.807, 2.05) is 0 Å². The number of phenolic OH excluding ortho intramolecular Hbond substituents is 1. The number of hydrogen-bond donors (Lipinski definition) is 3. The van der Waals surface area contributed by atoms with Crippen LogP contribution in [0.4, 0.5) is 13.2 Å². The molecule has 104 valence electrons. The Labute approximate surface area is 119 Å². The minimum absolute atomic E-state index is 0.0175. The van der Waals surface area contributed by atoms with E-state index < -0.39 is 12.1 Å². The van der Waals surface area contributed by atoms with Gasteiger partial charge in [0.1, 0.15) is 11.5 Å². The van der Waals surface area contributed by atoms with Gasteiger partial charge in [0.2, 0.25) is 5.96 Å². The van der Waals surface area contributed by atoms with E-state index in [0.717, 1.165) is 18.3 Å². The molecule has 0 bridgehead atoms. The molecule has 0 aromatic heterocycles. The molecule has 0 saturated carbocycles. The third kappa shape index (κ3) is 5.19. The first-order valence-corrected chi connectivity index (χ1v) is 5.67. The van der Waals surface area contributed by atoms with Crippen molar-refractivity contribution >= 4 is 34.8 Å². The Morgan fingerprint density at radius 3 is 2.53 bits per heavy atom. The zero-order chi connectivity index (χ0) is 14.6. The average Bonchev–Trinajstić information content (AvgIpc) is 2.22. The Kier molecular flexibility index (Phi) is 4.80. The second-order valence-corrected chi connectivity index (χ2v) is 4.32. The van der Waals surface area contributed by atoms with Crippen molar-refractivity contribution in [1.82, 2.24) is 0 Å². The molecule has 5 N–H and O–H groups in total. The van der Waals surface area contributed by atoms with Gasteiger partial charge in [-0.2, -0.15) is 5.10 Å². The summed E-state index contributed by atoms with van der Waals surface area (Å²) in [6.45, 7) is 0. The minimum Gasteiger partial charge on any atom is -0.506 e. The van der Waals surface area contributed by atoms with Crippen molar-refractivity contribution in [2.24, 2.45) is 21.7 Å². The molecule has 0 atom stereocenters. The van der Waals surface area contributed by atoms with Crippen molar-refractivity contribution in [1.29, 1.82) is 0 Å². The van der Waals surface area contributed by atoms with Crippen LogP contribution in [-0.2, 0) is 0 Å². The molecule has 19 heavy (non-hydrogen) atoms. The van der Waals surface area contributed by atoms with Gasteiger partial charge in [0.15, 0.2) is 0 Å². The lowest BCUT2D eigenvalue weighted by Crippen LogP contribution is -2.21. The van der Waals surface area contributed by atoms with E-state index in [4.69, 9.17) is 11.5 Å². The summed E-state index contributed by atoms with van der Waals surface area (Å²) in [5.74, 6) is -1.07. The summed E-state index contributed by atoms with van der Waals surface area (Å²) >= 11 is 1.65. The minimum atomic E-state index is -4.83. The quantitative estimate of drug-likeness (QED) is 0.316. The average molecular weight is 388 g/mol. The summed E-state index contributed by atoms with van der Waals surface area (Å²) in [6, 6.07) is 1.98. The number of aromatic hydroxyl groups is 1. The fourth-order valence-corrected chi connectivity index (χ4v) is 1.66. The van der Waals surface area contributed by atoms with E-state index in [9.17, 15) is 18.3 Å². The van der Waals surface area contributed by atoms with Gasteiger partial charge in [-0.05, 0) is 34.7 Å². The lowest BCUT2D eigenvalue weighted by atomic mass is 10.2. The normalized spacial score (nSPS) is 11.6. The largest absolute Gasteiger partial charge is 0.573 e. The molecule has 0 saturated heterocycles. The van der Waals surface area contributed by atoms with Crippen molar-refractivity contribution < 1.29 is 23.0 Å². The molecule has 0 amide bonds. The van der Waals surface area contributed by atoms with Gasteiger partial charge in [0.05, 0.1) is 9.78 Å². The molecular formula is C9H8F3IN4O2. The molecule has 10 heteroatoms. The highest BCUT2D eigenvalue weighted by Crippen LogP contribution is 2.31. The zero-order valence-corrected chi connectivity index (χ0v) is 11.3. The van der Waals surface area contributed by atoms with Crippen molar-refractivity contribution in [3.63, 3.8) is 0 Å². The zero-order valence-electron chi connectivity index (χ0n) is 9.15. The molecule has 1 aromatic carbocycles. The maximum atomic E-state index is 12.1. The van der Waals surface area contributed by atoms with Crippen molar-refractivity contribution in [3.8, 4) is 11.5 Å². The number of ether oxygens (including phenoxy) is 1. The lowest BCUT2D eigenvalue weighted by Gasteiger charge is -2.10. The van der Waals surface area contributed by atoms with Crippen LogP contribution < -0.4 is 16.2 Å². The monoisotopic (exact) mass is 388 g/mol. The third-order valence-electron chi connectivity index (χ3n) is 1.67. The van der Waals surface area contributed by atoms with Crippen molar-refractivity contribution in [2.45, 2.75) is 6.36 Å². The van der Waals surface area contributed by atoms with Gasteiger partial charge in [-0.15, -0.1) is 18.3 Å². The molecule has 0 radical (unpaired) electrons. The van der Waals surface area contributed by atoms with Crippen LogP contribution in [0.2, 0.25) is 0 Å². The fourth-order valence-electron chi connectivity index (χ4n) is 1.04. The molecule has 0 aliphatic carbocycles. The summed E-state index contributed by atoms with van der Waals surface area (Å²) in [5.41, 5.74) is 10.0. The first-order valence-electron chi connectivity index (χ1n) is 4.59. The molecule has 0 aliphatic heterocycles. The van der Waals surface area contributed by atoms with Crippen molar-refractivity contribution in [3.05, 3.63) is 21.3 Å². The molecule has 0 fully saturated rings. The molecular weight excluding hydrogens is 380 g/mol. The number of nitrogens with zero attached hydrogens (tertiary/aromatic N) is 2. The van der Waals surface area contributed by atoms with Gasteiger partial charge < -0.3 is 21.3 Å². The Bertz CT molecular complexity index is 527. The maximum Gasteiger partial charge on any atom is 0.573 e. The fraction of sp³-hybridized carbons (Fsp3) is 0.111. The summed E-state index contributed by atoms with van der Waals surface area (Å²) in [5, 5.41) is 16.3. The highest BCUT2D eigenvalue weighted by molar-refractivity contribution is 14.1. The number of halogens is 4. The van der Waals surface area contributed by atoms with E-state index in [-0.39, 0.29) is 20.8 Å². The molecule has 1 rings (SSSR count). The number of alkyl halides is 3. The van der Waals surface area contributed by atoms with Crippen LogP contribution in [0.1, 0.15) is 5.56 Å². The second-order valence-electron chi connectivity index (χ2n) is 3.16. The van der Waals surface area contributed by atoms with Gasteiger partial charge in [-0.3, -0.25) is 0 Å². The Balaban J connectivity index is 3.10. The SMILES string of the molecule is NC(N)=NN=Cc1cc(OC(F)(F)F)cc(I)c1O. The van der Waals surface area contributed by atoms with Crippen LogP contribution in [-0.4, -0.2) is 23.6 Å². The van der Waals surface area contributed by atoms with E-state index in [1.54, 1.807) is 22.6 Å². The van der Waals surface area contributed by atoms with Gasteiger partial charge >= 0.3 is 6.36 Å². The molecule has 0 unspecified atom stereocenters. The van der Waals surface area contributed by atoms with Crippen LogP contribution in [0.25, 0.3) is 0 Å². The van der Waals surface area contributed by atoms with Gasteiger partial charge in [-0.1, -0.05) is 0 Å². The smallest absolute Gasteiger partial charge is 0.506 e. The van der Waals surface area contributed by atoms with Crippen molar-refractivity contribution in [2.75, 3.05) is 0 Å². The van der Waals surface area contributed by atoms with Crippen LogP contribution in [0, 0.1) is 3.57 Å². The van der Waals surface area contributed by atoms with Crippen LogP contribution in [0.3, 0.4) is 0 Å². The Morgan fingerprint density at radius 1 is 1.37 bits per heavy atom. The summed E-state index contributed by atoms with van der Waals surface area (Å²) < 4.78 is 40.2. The van der Waals surface area contributed by atoms with E-state index in [1.165, 1.54) is 0 Å². The molecule has 0 aliphatic rings. The predicted molar refractivity (Wildman–Crippen MR) is 70.9 cm³/mol. The van der Waals surface area contributed by atoms with E-state index in [0.29, 0.717) is 0 Å². The highest BCUT2D eigenvalue weighted by atomic mass is 127. The third-order valence-corrected chi connectivity index (χ3v) is 2.49. The summed E-state index contributed by atoms with van der Waals surface area (Å²) in [7, 11) is 0. The van der Waals surface area contributed by atoms with Crippen LogP contribution in [0.15, 0.2) is 22.3 Å². The number of hydrogen-bond acceptors (Lipinski definition) is 4. The maximum absolute atomic E-state index is 12.1. The first-order chi connectivity index (χ1) is 8.69. The Hall–Kier alpha value is -1.72. The molecule has 6 nitrogen and oxygen atoms in total. The standard InChI is InChI=1S/C9H8F3IN4O2/c10-9(11,12)19-5-1-4(3-16-17-8(14)15)7(18)6(13)2-5/h1-3,18H,(H4,14,15,17). The summed E-state index contributed by atoms with van der Waals surface area (Å²) in [6.07, 6.45) is -3.82. The number of rotatable bonds is 3. The molecule has 0 spiro atoms.